The molecular weight excluding hydrogens is 176 g/mol. The molecule has 0 aliphatic carbocycles. The van der Waals surface area contributed by atoms with E-state index in [-0.39, 0.29) is 6.04 Å². The van der Waals surface area contributed by atoms with E-state index in [0.717, 1.165) is 19.0 Å². The van der Waals surface area contributed by atoms with E-state index in [9.17, 15) is 13.9 Å². The van der Waals surface area contributed by atoms with Crippen LogP contribution in [0.4, 0.5) is 8.78 Å². The van der Waals surface area contributed by atoms with Gasteiger partial charge in [0.1, 0.15) is 5.82 Å². The van der Waals surface area contributed by atoms with Crippen LogP contribution in [0.1, 0.15) is 18.0 Å². The highest BCUT2D eigenvalue weighted by molar-refractivity contribution is 5.37. The van der Waals surface area contributed by atoms with Crippen LogP contribution in [0.3, 0.4) is 0 Å². The summed E-state index contributed by atoms with van der Waals surface area (Å²) in [6.07, 6.45) is 0.802. The van der Waals surface area contributed by atoms with Gasteiger partial charge in [-0.05, 0) is 19.0 Å². The van der Waals surface area contributed by atoms with Gasteiger partial charge in [0.15, 0.2) is 11.6 Å². The van der Waals surface area contributed by atoms with Crippen LogP contribution in [-0.2, 0) is 0 Å². The smallest absolute Gasteiger partial charge is 0.168 e. The molecule has 13 heavy (non-hydrogen) atoms. The Hall–Kier alpha value is -1.16. The van der Waals surface area contributed by atoms with Crippen molar-refractivity contribution < 1.29 is 13.9 Å². The molecular formula is C9H9F2NO. The number of benzene rings is 1. The van der Waals surface area contributed by atoms with Crippen molar-refractivity contribution in [1.82, 2.24) is 5.32 Å². The van der Waals surface area contributed by atoms with E-state index in [2.05, 4.69) is 5.32 Å². The predicted molar refractivity (Wildman–Crippen MR) is 43.4 cm³/mol. The second kappa shape index (κ2) is 2.96. The fraction of sp³-hybridized carbons (Fsp3) is 0.333. The van der Waals surface area contributed by atoms with Gasteiger partial charge in [0.25, 0.3) is 0 Å². The van der Waals surface area contributed by atoms with Crippen molar-refractivity contribution in [3.8, 4) is 5.75 Å². The zero-order chi connectivity index (χ0) is 9.42. The van der Waals surface area contributed by atoms with Crippen molar-refractivity contribution in [2.24, 2.45) is 0 Å². The molecule has 2 N–H and O–H groups in total. The van der Waals surface area contributed by atoms with Crippen LogP contribution < -0.4 is 5.32 Å². The third-order valence-electron chi connectivity index (χ3n) is 2.26. The minimum atomic E-state index is -0.899. The van der Waals surface area contributed by atoms with E-state index in [0.29, 0.717) is 11.6 Å². The molecule has 2 rings (SSSR count). The molecule has 1 aliphatic heterocycles. The van der Waals surface area contributed by atoms with Crippen LogP contribution in [-0.4, -0.2) is 11.7 Å². The van der Waals surface area contributed by atoms with E-state index in [4.69, 9.17) is 0 Å². The first-order valence-electron chi connectivity index (χ1n) is 4.10. The third kappa shape index (κ3) is 1.37. The van der Waals surface area contributed by atoms with Gasteiger partial charge in [-0.3, -0.25) is 0 Å². The first kappa shape index (κ1) is 8.44. The zero-order valence-electron chi connectivity index (χ0n) is 6.85. The normalized spacial score (nSPS) is 21.2. The third-order valence-corrected chi connectivity index (χ3v) is 2.26. The van der Waals surface area contributed by atoms with Gasteiger partial charge in [0.2, 0.25) is 0 Å². The van der Waals surface area contributed by atoms with Gasteiger partial charge in [-0.1, -0.05) is 0 Å². The minimum Gasteiger partial charge on any atom is -0.505 e. The summed E-state index contributed by atoms with van der Waals surface area (Å²) in [5, 5.41) is 12.2. The average molecular weight is 185 g/mol. The van der Waals surface area contributed by atoms with Crippen molar-refractivity contribution >= 4 is 0 Å². The molecule has 1 aromatic carbocycles. The molecule has 0 saturated carbocycles. The standard InChI is InChI=1S/C9H9F2NO/c10-5-3-6(8-1-2-12-8)9(13)7(11)4-5/h3-4,8,12-13H,1-2H2/t8-/m0/s1. The summed E-state index contributed by atoms with van der Waals surface area (Å²) in [6.45, 7) is 0.822. The van der Waals surface area contributed by atoms with Gasteiger partial charge in [0.05, 0.1) is 0 Å². The summed E-state index contributed by atoms with van der Waals surface area (Å²) in [6, 6.07) is 1.73. The summed E-state index contributed by atoms with van der Waals surface area (Å²) in [5.74, 6) is -2.00. The number of rotatable bonds is 1. The molecule has 2 nitrogen and oxygen atoms in total. The molecule has 1 saturated heterocycles. The molecule has 0 spiro atoms. The number of nitrogens with one attached hydrogen (secondary N) is 1. The maximum Gasteiger partial charge on any atom is 0.168 e. The Balaban J connectivity index is 2.42. The monoisotopic (exact) mass is 185 g/mol. The van der Waals surface area contributed by atoms with E-state index >= 15 is 0 Å². The first-order valence-corrected chi connectivity index (χ1v) is 4.10. The highest BCUT2D eigenvalue weighted by Crippen LogP contribution is 2.32. The van der Waals surface area contributed by atoms with E-state index in [1.807, 2.05) is 0 Å². The van der Waals surface area contributed by atoms with Gasteiger partial charge in [-0.25, -0.2) is 8.78 Å². The average Bonchev–Trinajstić information content (AvgIpc) is 1.95. The molecule has 0 radical (unpaired) electrons. The lowest BCUT2D eigenvalue weighted by atomic mass is 9.97. The van der Waals surface area contributed by atoms with Crippen LogP contribution in [0.25, 0.3) is 0 Å². The van der Waals surface area contributed by atoms with Gasteiger partial charge in [-0.2, -0.15) is 0 Å². The molecule has 4 heteroatoms. The number of phenols is 1. The quantitative estimate of drug-likeness (QED) is 0.698. The highest BCUT2D eigenvalue weighted by Gasteiger charge is 2.23. The van der Waals surface area contributed by atoms with Crippen molar-refractivity contribution in [2.75, 3.05) is 6.54 Å². The maximum atomic E-state index is 12.8. The lowest BCUT2D eigenvalue weighted by molar-refractivity contribution is 0.352. The van der Waals surface area contributed by atoms with Gasteiger partial charge in [0, 0.05) is 17.7 Å². The minimum absolute atomic E-state index is 0.106. The Morgan fingerprint density at radius 2 is 2.08 bits per heavy atom. The fourth-order valence-corrected chi connectivity index (χ4v) is 1.41. The largest absolute Gasteiger partial charge is 0.505 e. The molecule has 0 unspecified atom stereocenters. The topological polar surface area (TPSA) is 32.3 Å². The maximum absolute atomic E-state index is 12.8. The van der Waals surface area contributed by atoms with Gasteiger partial charge >= 0.3 is 0 Å². The fourth-order valence-electron chi connectivity index (χ4n) is 1.41. The summed E-state index contributed by atoms with van der Waals surface area (Å²) < 4.78 is 25.6. The van der Waals surface area contributed by atoms with Crippen molar-refractivity contribution in [2.45, 2.75) is 12.5 Å². The summed E-state index contributed by atoms with van der Waals surface area (Å²) in [4.78, 5) is 0. The number of hydrogen-bond donors (Lipinski definition) is 2. The SMILES string of the molecule is Oc1c(F)cc(F)cc1[C@@H]1CCN1. The summed E-state index contributed by atoms with van der Waals surface area (Å²) >= 11 is 0. The molecule has 1 fully saturated rings. The Bertz CT molecular complexity index is 337. The molecule has 1 heterocycles. The van der Waals surface area contributed by atoms with E-state index < -0.39 is 17.4 Å². The zero-order valence-corrected chi connectivity index (χ0v) is 6.85. The summed E-state index contributed by atoms with van der Waals surface area (Å²) in [5.41, 5.74) is 0.309. The molecule has 1 aromatic rings. The molecule has 70 valence electrons. The number of aromatic hydroxyl groups is 1. The van der Waals surface area contributed by atoms with Crippen molar-refractivity contribution in [3.05, 3.63) is 29.3 Å². The Labute approximate surface area is 74.2 Å². The van der Waals surface area contributed by atoms with Crippen molar-refractivity contribution in [1.29, 1.82) is 0 Å². The molecule has 0 amide bonds. The lowest BCUT2D eigenvalue weighted by Crippen LogP contribution is -2.35. The van der Waals surface area contributed by atoms with E-state index in [1.54, 1.807) is 0 Å². The molecule has 1 atom stereocenters. The highest BCUT2D eigenvalue weighted by atomic mass is 19.1. The van der Waals surface area contributed by atoms with Crippen LogP contribution in [0.2, 0.25) is 0 Å². The second-order valence-electron chi connectivity index (χ2n) is 3.12. The Morgan fingerprint density at radius 1 is 1.38 bits per heavy atom. The lowest BCUT2D eigenvalue weighted by Gasteiger charge is -2.28. The number of hydrogen-bond acceptors (Lipinski definition) is 2. The van der Waals surface area contributed by atoms with Crippen LogP contribution in [0.5, 0.6) is 5.75 Å². The number of phenolic OH excluding ortho intramolecular Hbond substituents is 1. The first-order chi connectivity index (χ1) is 6.18. The van der Waals surface area contributed by atoms with Gasteiger partial charge in [-0.15, -0.1) is 0 Å². The van der Waals surface area contributed by atoms with Crippen LogP contribution in [0.15, 0.2) is 12.1 Å². The van der Waals surface area contributed by atoms with Crippen molar-refractivity contribution in [3.63, 3.8) is 0 Å². The van der Waals surface area contributed by atoms with Crippen LogP contribution in [0, 0.1) is 11.6 Å². The Morgan fingerprint density at radius 3 is 2.62 bits per heavy atom. The Kier molecular flexibility index (Phi) is 1.92. The van der Waals surface area contributed by atoms with E-state index in [1.165, 1.54) is 0 Å². The second-order valence-corrected chi connectivity index (χ2v) is 3.12. The summed E-state index contributed by atoms with van der Waals surface area (Å²) in [7, 11) is 0. The predicted octanol–water partition coefficient (Wildman–Crippen LogP) is 1.70. The molecule has 0 aromatic heterocycles. The van der Waals surface area contributed by atoms with Crippen LogP contribution >= 0.6 is 0 Å². The molecule has 0 bridgehead atoms. The van der Waals surface area contributed by atoms with Gasteiger partial charge < -0.3 is 10.4 Å². The number of halogens is 2. The molecule has 1 aliphatic rings.